The van der Waals surface area contributed by atoms with Crippen LogP contribution >= 0.6 is 11.8 Å². The molecule has 0 saturated carbocycles. The van der Waals surface area contributed by atoms with Crippen LogP contribution in [0.15, 0.2) is 0 Å². The minimum absolute atomic E-state index is 0.0320. The van der Waals surface area contributed by atoms with Gasteiger partial charge in [-0.3, -0.25) is 9.69 Å². The Morgan fingerprint density at radius 3 is 2.70 bits per heavy atom. The van der Waals surface area contributed by atoms with Crippen molar-refractivity contribution in [3.8, 4) is 0 Å². The number of urea groups is 1. The van der Waals surface area contributed by atoms with Gasteiger partial charge in [-0.15, -0.1) is 0 Å². The van der Waals surface area contributed by atoms with E-state index in [0.29, 0.717) is 31.4 Å². The lowest BCUT2D eigenvalue weighted by atomic mass is 10.3. The van der Waals surface area contributed by atoms with Crippen molar-refractivity contribution in [2.45, 2.75) is 25.0 Å². The smallest absolute Gasteiger partial charge is 0.317 e. The Balaban J connectivity index is 2.29. The van der Waals surface area contributed by atoms with E-state index in [9.17, 15) is 9.59 Å². The molecular weight excluding hydrogens is 278 g/mol. The van der Waals surface area contributed by atoms with Gasteiger partial charge in [-0.1, -0.05) is 6.92 Å². The van der Waals surface area contributed by atoms with Crippen LogP contribution in [0.5, 0.6) is 0 Å². The van der Waals surface area contributed by atoms with E-state index in [-0.39, 0.29) is 12.6 Å². The maximum atomic E-state index is 12.0. The van der Waals surface area contributed by atoms with Gasteiger partial charge in [0.25, 0.3) is 0 Å². The zero-order chi connectivity index (χ0) is 15.0. The van der Waals surface area contributed by atoms with Crippen LogP contribution in [0.25, 0.3) is 0 Å². The summed E-state index contributed by atoms with van der Waals surface area (Å²) >= 11 is 1.79. The molecule has 116 valence electrons. The molecule has 1 aliphatic heterocycles. The molecule has 0 spiro atoms. The maximum absolute atomic E-state index is 12.0. The summed E-state index contributed by atoms with van der Waals surface area (Å²) < 4.78 is 0. The minimum Gasteiger partial charge on any atom is -0.480 e. The van der Waals surface area contributed by atoms with Gasteiger partial charge in [0, 0.05) is 38.0 Å². The van der Waals surface area contributed by atoms with Gasteiger partial charge in [0.2, 0.25) is 0 Å². The molecule has 2 N–H and O–H groups in total. The molecule has 0 aromatic rings. The number of carboxylic acids is 1. The molecule has 6 nitrogen and oxygen atoms in total. The molecule has 0 bridgehead atoms. The first-order chi connectivity index (χ1) is 9.52. The number of carboxylic acid groups (broad SMARTS) is 1. The number of nitrogens with one attached hydrogen (secondary N) is 1. The lowest BCUT2D eigenvalue weighted by molar-refractivity contribution is -0.138. The highest BCUT2D eigenvalue weighted by Crippen LogP contribution is 2.08. The van der Waals surface area contributed by atoms with Gasteiger partial charge in [0.05, 0.1) is 6.54 Å². The molecule has 1 fully saturated rings. The standard InChI is InChI=1S/C13H25N3O3S/c1-11(20-2)4-5-14-13(19)16-7-3-6-15(8-9-16)10-12(17)18/h11H,3-10H2,1-2H3,(H,14,19)(H,17,18). The fourth-order valence-corrected chi connectivity index (χ4v) is 2.49. The highest BCUT2D eigenvalue weighted by molar-refractivity contribution is 7.99. The van der Waals surface area contributed by atoms with Crippen LogP contribution in [0.1, 0.15) is 19.8 Å². The molecule has 0 aromatic heterocycles. The summed E-state index contributed by atoms with van der Waals surface area (Å²) in [6.45, 7) is 5.54. The quantitative estimate of drug-likeness (QED) is 0.764. The van der Waals surface area contributed by atoms with Crippen LogP contribution in [-0.4, -0.2) is 77.7 Å². The molecule has 0 aliphatic carbocycles. The van der Waals surface area contributed by atoms with Gasteiger partial charge < -0.3 is 15.3 Å². The zero-order valence-corrected chi connectivity index (χ0v) is 13.1. The molecule has 1 unspecified atom stereocenters. The molecule has 1 saturated heterocycles. The van der Waals surface area contributed by atoms with Crippen molar-refractivity contribution in [2.24, 2.45) is 0 Å². The first kappa shape index (κ1) is 17.1. The highest BCUT2D eigenvalue weighted by Gasteiger charge is 2.19. The summed E-state index contributed by atoms with van der Waals surface area (Å²) in [7, 11) is 0. The van der Waals surface area contributed by atoms with Crippen molar-refractivity contribution in [3.63, 3.8) is 0 Å². The van der Waals surface area contributed by atoms with E-state index in [1.54, 1.807) is 16.7 Å². The molecule has 7 heteroatoms. The molecule has 2 amide bonds. The number of aliphatic carboxylic acids is 1. The summed E-state index contributed by atoms with van der Waals surface area (Å²) in [5.74, 6) is -0.811. The highest BCUT2D eigenvalue weighted by atomic mass is 32.2. The van der Waals surface area contributed by atoms with Gasteiger partial charge in [0.15, 0.2) is 0 Å². The second-order valence-electron chi connectivity index (χ2n) is 5.08. The fourth-order valence-electron chi connectivity index (χ4n) is 2.14. The summed E-state index contributed by atoms with van der Waals surface area (Å²) in [5.41, 5.74) is 0. The van der Waals surface area contributed by atoms with Crippen LogP contribution in [0.3, 0.4) is 0 Å². The van der Waals surface area contributed by atoms with Crippen molar-refractivity contribution in [1.82, 2.24) is 15.1 Å². The largest absolute Gasteiger partial charge is 0.480 e. The fraction of sp³-hybridized carbons (Fsp3) is 0.846. The lowest BCUT2D eigenvalue weighted by Gasteiger charge is -2.22. The minimum atomic E-state index is -0.811. The topological polar surface area (TPSA) is 72.9 Å². The molecule has 0 radical (unpaired) electrons. The number of hydrogen-bond donors (Lipinski definition) is 2. The Bertz CT molecular complexity index is 328. The van der Waals surface area contributed by atoms with Crippen LogP contribution in [-0.2, 0) is 4.79 Å². The molecule has 1 heterocycles. The van der Waals surface area contributed by atoms with Crippen molar-refractivity contribution < 1.29 is 14.7 Å². The second-order valence-corrected chi connectivity index (χ2v) is 6.35. The number of nitrogens with zero attached hydrogens (tertiary/aromatic N) is 2. The van der Waals surface area contributed by atoms with Gasteiger partial charge in [-0.05, 0) is 19.1 Å². The number of amides is 2. The number of rotatable bonds is 6. The maximum Gasteiger partial charge on any atom is 0.317 e. The predicted octanol–water partition coefficient (Wildman–Crippen LogP) is 0.930. The van der Waals surface area contributed by atoms with E-state index in [1.165, 1.54) is 0 Å². The summed E-state index contributed by atoms with van der Waals surface area (Å²) in [4.78, 5) is 26.4. The Morgan fingerprint density at radius 1 is 1.30 bits per heavy atom. The first-order valence-corrected chi connectivity index (χ1v) is 8.31. The zero-order valence-electron chi connectivity index (χ0n) is 12.3. The number of hydrogen-bond acceptors (Lipinski definition) is 4. The Hall–Kier alpha value is -0.950. The van der Waals surface area contributed by atoms with E-state index in [4.69, 9.17) is 5.11 Å². The Kier molecular flexibility index (Phi) is 7.76. The molecule has 1 aliphatic rings. The third-order valence-electron chi connectivity index (χ3n) is 3.46. The normalized spacial score (nSPS) is 18.4. The molecule has 20 heavy (non-hydrogen) atoms. The van der Waals surface area contributed by atoms with Crippen molar-refractivity contribution in [3.05, 3.63) is 0 Å². The third kappa shape index (κ3) is 6.47. The Morgan fingerprint density at radius 2 is 2.05 bits per heavy atom. The van der Waals surface area contributed by atoms with E-state index in [0.717, 1.165) is 19.4 Å². The molecular formula is C13H25N3O3S. The molecule has 1 atom stereocenters. The SMILES string of the molecule is CSC(C)CCNC(=O)N1CCCN(CC(=O)O)CC1. The summed E-state index contributed by atoms with van der Waals surface area (Å²) in [6.07, 6.45) is 3.85. The van der Waals surface area contributed by atoms with Crippen molar-refractivity contribution >= 4 is 23.8 Å². The number of thioether (sulfide) groups is 1. The third-order valence-corrected chi connectivity index (χ3v) is 4.50. The van der Waals surface area contributed by atoms with Crippen molar-refractivity contribution in [1.29, 1.82) is 0 Å². The first-order valence-electron chi connectivity index (χ1n) is 7.02. The van der Waals surface area contributed by atoms with Gasteiger partial charge in [-0.25, -0.2) is 4.79 Å². The van der Waals surface area contributed by atoms with Gasteiger partial charge in [0.1, 0.15) is 0 Å². The number of carbonyl (C=O) groups is 2. The van der Waals surface area contributed by atoms with Gasteiger partial charge in [-0.2, -0.15) is 11.8 Å². The van der Waals surface area contributed by atoms with Crippen LogP contribution in [0.2, 0.25) is 0 Å². The van der Waals surface area contributed by atoms with Crippen LogP contribution in [0.4, 0.5) is 4.79 Å². The van der Waals surface area contributed by atoms with Crippen LogP contribution in [0, 0.1) is 0 Å². The second kappa shape index (κ2) is 9.07. The molecule has 0 aromatic carbocycles. The van der Waals surface area contributed by atoms with Gasteiger partial charge >= 0.3 is 12.0 Å². The monoisotopic (exact) mass is 303 g/mol. The summed E-state index contributed by atoms with van der Waals surface area (Å²) in [6, 6.07) is -0.0320. The summed E-state index contributed by atoms with van der Waals surface area (Å²) in [5, 5.41) is 12.3. The lowest BCUT2D eigenvalue weighted by Crippen LogP contribution is -2.43. The predicted molar refractivity (Wildman–Crippen MR) is 81.3 cm³/mol. The average molecular weight is 303 g/mol. The van der Waals surface area contributed by atoms with Crippen molar-refractivity contribution in [2.75, 3.05) is 45.5 Å². The van der Waals surface area contributed by atoms with Crippen LogP contribution < -0.4 is 5.32 Å². The van der Waals surface area contributed by atoms with E-state index >= 15 is 0 Å². The Labute approximate surface area is 124 Å². The van der Waals surface area contributed by atoms with E-state index in [2.05, 4.69) is 18.5 Å². The van der Waals surface area contributed by atoms with E-state index in [1.807, 2.05) is 4.90 Å². The average Bonchev–Trinajstić information content (AvgIpc) is 2.63. The molecule has 1 rings (SSSR count). The van der Waals surface area contributed by atoms with E-state index < -0.39 is 5.97 Å². The number of carbonyl (C=O) groups excluding carboxylic acids is 1.